The summed E-state index contributed by atoms with van der Waals surface area (Å²) in [5, 5.41) is 21.0. The molecule has 164 valence electrons. The maximum Gasteiger partial charge on any atom is 0.333 e. The van der Waals surface area contributed by atoms with Crippen molar-refractivity contribution in [1.82, 2.24) is 0 Å². The maximum atomic E-state index is 12.5. The Bertz CT molecular complexity index is 712. The van der Waals surface area contributed by atoms with Crippen molar-refractivity contribution >= 4 is 5.97 Å². The van der Waals surface area contributed by atoms with Crippen molar-refractivity contribution < 1.29 is 19.7 Å². The Kier molecular flexibility index (Phi) is 5.02. The second-order valence-electron chi connectivity index (χ2n) is 11.7. The molecule has 0 radical (unpaired) electrons. The molecule has 4 saturated carbocycles. The lowest BCUT2D eigenvalue weighted by Crippen LogP contribution is -2.59. The molecule has 4 fully saturated rings. The highest BCUT2D eigenvalue weighted by molar-refractivity contribution is 5.87. The second kappa shape index (κ2) is 6.82. The van der Waals surface area contributed by atoms with Gasteiger partial charge in [0, 0.05) is 11.0 Å². The van der Waals surface area contributed by atoms with Crippen molar-refractivity contribution in [1.29, 1.82) is 0 Å². The highest BCUT2D eigenvalue weighted by Crippen LogP contribution is 2.73. The van der Waals surface area contributed by atoms with Crippen LogP contribution in [0, 0.1) is 34.0 Å². The first kappa shape index (κ1) is 21.4. The normalized spacial score (nSPS) is 48.6. The number of esters is 1. The Morgan fingerprint density at radius 2 is 1.83 bits per heavy atom. The van der Waals surface area contributed by atoms with Gasteiger partial charge in [0.25, 0.3) is 0 Å². The van der Waals surface area contributed by atoms with Gasteiger partial charge in [0.05, 0.1) is 12.2 Å². The van der Waals surface area contributed by atoms with E-state index in [0.717, 1.165) is 51.4 Å². The van der Waals surface area contributed by atoms with Crippen LogP contribution in [-0.2, 0) is 9.53 Å². The Labute approximate surface area is 176 Å². The van der Waals surface area contributed by atoms with Gasteiger partial charge >= 0.3 is 5.97 Å². The van der Waals surface area contributed by atoms with Gasteiger partial charge in [-0.1, -0.05) is 26.8 Å². The van der Waals surface area contributed by atoms with E-state index in [0.29, 0.717) is 17.4 Å². The number of aliphatic hydroxyl groups excluding tert-OH is 1. The molecule has 0 saturated heterocycles. The lowest BCUT2D eigenvalue weighted by atomic mass is 9.41. The number of carbonyl (C=O) groups excluding carboxylic acids is 1. The highest BCUT2D eigenvalue weighted by atomic mass is 16.5. The minimum Gasteiger partial charge on any atom is -0.458 e. The fraction of sp³-hybridized carbons (Fsp3) is 0.880. The molecule has 4 aliphatic rings. The van der Waals surface area contributed by atoms with E-state index in [9.17, 15) is 15.0 Å². The number of hydrogen-bond acceptors (Lipinski definition) is 4. The number of hydrogen-bond donors (Lipinski definition) is 2. The molecule has 0 aliphatic heterocycles. The van der Waals surface area contributed by atoms with Crippen LogP contribution in [0.25, 0.3) is 0 Å². The lowest BCUT2D eigenvalue weighted by molar-refractivity contribution is -0.196. The van der Waals surface area contributed by atoms with Crippen LogP contribution in [0.15, 0.2) is 11.6 Å². The van der Waals surface area contributed by atoms with E-state index in [2.05, 4.69) is 20.8 Å². The predicted molar refractivity (Wildman–Crippen MR) is 113 cm³/mol. The molecule has 7 unspecified atom stereocenters. The molecule has 4 heteroatoms. The molecular formula is C25H40O4. The molecule has 0 aromatic rings. The molecule has 4 nitrogen and oxygen atoms in total. The summed E-state index contributed by atoms with van der Waals surface area (Å²) in [7, 11) is 0. The van der Waals surface area contributed by atoms with Crippen molar-refractivity contribution in [3.63, 3.8) is 0 Å². The average Bonchev–Trinajstić information content (AvgIpc) is 2.89. The van der Waals surface area contributed by atoms with Crippen LogP contribution >= 0.6 is 0 Å². The van der Waals surface area contributed by atoms with E-state index in [1.54, 1.807) is 0 Å². The van der Waals surface area contributed by atoms with Crippen LogP contribution in [-0.4, -0.2) is 34.5 Å². The number of allylic oxidation sites excluding steroid dienone is 1. The zero-order chi connectivity index (χ0) is 21.2. The zero-order valence-corrected chi connectivity index (χ0v) is 19.0. The summed E-state index contributed by atoms with van der Waals surface area (Å²) in [5.41, 5.74) is 0.161. The summed E-state index contributed by atoms with van der Waals surface area (Å²) in [5.74, 6) is 1.20. The van der Waals surface area contributed by atoms with E-state index < -0.39 is 5.60 Å². The SMILES string of the molecule is CC=C(C)C(=O)OC1CCC2(C)C3CCC4CC3(CCC2C1(C)C)CC4(O)CO. The molecule has 29 heavy (non-hydrogen) atoms. The van der Waals surface area contributed by atoms with Gasteiger partial charge in [0.1, 0.15) is 6.10 Å². The van der Waals surface area contributed by atoms with Gasteiger partial charge in [-0.2, -0.15) is 0 Å². The van der Waals surface area contributed by atoms with Crippen LogP contribution in [0.5, 0.6) is 0 Å². The van der Waals surface area contributed by atoms with E-state index >= 15 is 0 Å². The van der Waals surface area contributed by atoms with Gasteiger partial charge in [-0.15, -0.1) is 0 Å². The smallest absolute Gasteiger partial charge is 0.333 e. The Morgan fingerprint density at radius 3 is 2.48 bits per heavy atom. The lowest BCUT2D eigenvalue weighted by Gasteiger charge is -2.65. The van der Waals surface area contributed by atoms with E-state index in [4.69, 9.17) is 4.74 Å². The topological polar surface area (TPSA) is 66.8 Å². The minimum atomic E-state index is -0.871. The van der Waals surface area contributed by atoms with Gasteiger partial charge in [-0.3, -0.25) is 0 Å². The van der Waals surface area contributed by atoms with E-state index in [1.165, 1.54) is 0 Å². The van der Waals surface area contributed by atoms with Gasteiger partial charge in [0.15, 0.2) is 0 Å². The molecule has 0 aromatic carbocycles. The quantitative estimate of drug-likeness (QED) is 0.532. The zero-order valence-electron chi connectivity index (χ0n) is 19.0. The molecule has 2 N–H and O–H groups in total. The van der Waals surface area contributed by atoms with Crippen molar-refractivity contribution in [2.75, 3.05) is 6.61 Å². The number of rotatable bonds is 3. The van der Waals surface area contributed by atoms with Gasteiger partial charge in [-0.25, -0.2) is 4.79 Å². The fourth-order valence-corrected chi connectivity index (χ4v) is 8.56. The minimum absolute atomic E-state index is 0.0358. The highest BCUT2D eigenvalue weighted by Gasteiger charge is 2.68. The fourth-order valence-electron chi connectivity index (χ4n) is 8.56. The number of ether oxygens (including phenoxy) is 1. The van der Waals surface area contributed by atoms with Crippen LogP contribution in [0.1, 0.15) is 86.0 Å². The van der Waals surface area contributed by atoms with E-state index in [-0.39, 0.29) is 40.8 Å². The Morgan fingerprint density at radius 1 is 1.10 bits per heavy atom. The molecular weight excluding hydrogens is 364 g/mol. The number of fused-ring (bicyclic) bond motifs is 3. The molecule has 0 heterocycles. The van der Waals surface area contributed by atoms with Crippen LogP contribution in [0.2, 0.25) is 0 Å². The average molecular weight is 405 g/mol. The summed E-state index contributed by atoms with van der Waals surface area (Å²) >= 11 is 0. The third-order valence-electron chi connectivity index (χ3n) is 10.1. The molecule has 2 bridgehead atoms. The van der Waals surface area contributed by atoms with Crippen molar-refractivity contribution in [2.45, 2.75) is 97.7 Å². The van der Waals surface area contributed by atoms with Gasteiger partial charge in [0.2, 0.25) is 0 Å². The van der Waals surface area contributed by atoms with Crippen LogP contribution in [0.3, 0.4) is 0 Å². The third-order valence-corrected chi connectivity index (χ3v) is 10.1. The molecule has 0 amide bonds. The molecule has 1 spiro atoms. The van der Waals surface area contributed by atoms with Crippen molar-refractivity contribution in [2.24, 2.45) is 34.0 Å². The first-order valence-corrected chi connectivity index (χ1v) is 11.7. The van der Waals surface area contributed by atoms with Crippen molar-refractivity contribution in [3.05, 3.63) is 11.6 Å². The molecule has 4 rings (SSSR count). The van der Waals surface area contributed by atoms with E-state index in [1.807, 2.05) is 19.9 Å². The number of carbonyl (C=O) groups is 1. The number of aliphatic hydroxyl groups is 2. The second-order valence-corrected chi connectivity index (χ2v) is 11.7. The third kappa shape index (κ3) is 2.96. The first-order valence-electron chi connectivity index (χ1n) is 11.7. The standard InChI is InChI=1S/C25H40O4/c1-6-16(2)21(27)29-20-10-11-23(5)18(22(20,3)4)9-12-24-13-17(7-8-19(23)24)25(28,14-24)15-26/h6,17-20,26,28H,7-15H2,1-5H3. The predicted octanol–water partition coefficient (Wildman–Crippen LogP) is 4.63. The van der Waals surface area contributed by atoms with Crippen molar-refractivity contribution in [3.8, 4) is 0 Å². The summed E-state index contributed by atoms with van der Waals surface area (Å²) in [6.07, 6.45) is 10.1. The summed E-state index contributed by atoms with van der Waals surface area (Å²) in [6, 6.07) is 0. The maximum absolute atomic E-state index is 12.5. The van der Waals surface area contributed by atoms with Gasteiger partial charge < -0.3 is 14.9 Å². The molecule has 7 atom stereocenters. The monoisotopic (exact) mass is 404 g/mol. The largest absolute Gasteiger partial charge is 0.458 e. The summed E-state index contributed by atoms with van der Waals surface area (Å²) in [6.45, 7) is 10.7. The molecule has 0 aromatic heterocycles. The Hall–Kier alpha value is -0.870. The van der Waals surface area contributed by atoms with Crippen LogP contribution in [0.4, 0.5) is 0 Å². The molecule has 4 aliphatic carbocycles. The first-order chi connectivity index (χ1) is 13.5. The van der Waals surface area contributed by atoms with Crippen LogP contribution < -0.4 is 0 Å². The van der Waals surface area contributed by atoms with Gasteiger partial charge in [-0.05, 0) is 93.8 Å². The summed E-state index contributed by atoms with van der Waals surface area (Å²) in [4.78, 5) is 12.5. The Balaban J connectivity index is 1.60. The summed E-state index contributed by atoms with van der Waals surface area (Å²) < 4.78 is 6.02.